The maximum Gasteiger partial charge on any atom is 0 e. The fraction of sp³-hybridized carbons (Fsp3) is 0.250. The number of hydrogen-bond acceptors (Lipinski definition) is 1. The Hall–Kier alpha value is 0.514. The van der Waals surface area contributed by atoms with Gasteiger partial charge in [-0.25, -0.2) is 0 Å². The molecule has 1 nitrogen and oxygen atoms in total. The average molecular weight is 156 g/mol. The van der Waals surface area contributed by atoms with Gasteiger partial charge < -0.3 is 17.8 Å². The van der Waals surface area contributed by atoms with Crippen LogP contribution in [0.2, 0.25) is 0 Å². The summed E-state index contributed by atoms with van der Waals surface area (Å²) in [7, 11) is 0. The zero-order valence-electron chi connectivity index (χ0n) is 3.68. The van der Waals surface area contributed by atoms with Gasteiger partial charge in [-0.1, -0.05) is 0 Å². The minimum absolute atomic E-state index is 0. The van der Waals surface area contributed by atoms with Crippen molar-refractivity contribution in [3.63, 3.8) is 0 Å². The molecule has 0 aliphatic rings. The molecule has 0 rings (SSSR count). The molecule has 0 heterocycles. The van der Waals surface area contributed by atoms with E-state index in [9.17, 15) is 0 Å². The normalized spacial score (nSPS) is 7.50. The van der Waals surface area contributed by atoms with E-state index in [1.807, 2.05) is 0 Å². The molecule has 1 radical (unpaired) electrons. The molecule has 0 N–H and O–H groups in total. The summed E-state index contributed by atoms with van der Waals surface area (Å²) in [6.07, 6.45) is 3.66. The molecular formula is C4H5NY-2. The van der Waals surface area contributed by atoms with Crippen molar-refractivity contribution in [3.8, 4) is 0 Å². The van der Waals surface area contributed by atoms with Crippen molar-refractivity contribution in [2.24, 2.45) is 4.99 Å². The summed E-state index contributed by atoms with van der Waals surface area (Å²) in [5.74, 6) is 0. The van der Waals surface area contributed by atoms with Crippen LogP contribution in [0.1, 0.15) is 6.92 Å². The third-order valence-corrected chi connectivity index (χ3v) is 0.204. The first-order chi connectivity index (χ1) is 2.41. The van der Waals surface area contributed by atoms with Gasteiger partial charge in [0.2, 0.25) is 0 Å². The van der Waals surface area contributed by atoms with E-state index >= 15 is 0 Å². The van der Waals surface area contributed by atoms with Crippen molar-refractivity contribution in [1.82, 2.24) is 0 Å². The van der Waals surface area contributed by atoms with E-state index in [4.69, 9.17) is 6.58 Å². The Morgan fingerprint density at radius 2 is 2.33 bits per heavy atom. The van der Waals surface area contributed by atoms with E-state index in [-0.39, 0.29) is 32.7 Å². The monoisotopic (exact) mass is 156 g/mol. The predicted octanol–water partition coefficient (Wildman–Crippen LogP) is 0.898. The van der Waals surface area contributed by atoms with Gasteiger partial charge in [0.05, 0.1) is 0 Å². The first-order valence-electron chi connectivity index (χ1n) is 1.32. The van der Waals surface area contributed by atoms with Gasteiger partial charge in [0, 0.05) is 32.7 Å². The van der Waals surface area contributed by atoms with E-state index in [1.165, 1.54) is 6.20 Å². The second kappa shape index (κ2) is 9.10. The molecule has 0 aromatic rings. The second-order valence-corrected chi connectivity index (χ2v) is 0.502. The summed E-state index contributed by atoms with van der Waals surface area (Å²) in [4.78, 5) is 3.38. The van der Waals surface area contributed by atoms with Crippen LogP contribution in [0.4, 0.5) is 0 Å². The van der Waals surface area contributed by atoms with Crippen molar-refractivity contribution in [3.05, 3.63) is 12.8 Å². The first kappa shape index (κ1) is 9.72. The van der Waals surface area contributed by atoms with Crippen molar-refractivity contribution >= 4 is 6.21 Å². The van der Waals surface area contributed by atoms with Crippen LogP contribution in [0.3, 0.4) is 0 Å². The Kier molecular flexibility index (Phi) is 14.7. The van der Waals surface area contributed by atoms with Crippen LogP contribution < -0.4 is 0 Å². The Morgan fingerprint density at radius 1 is 1.83 bits per heavy atom. The molecule has 0 saturated carbocycles. The van der Waals surface area contributed by atoms with Crippen LogP contribution in [0.25, 0.3) is 0 Å². The van der Waals surface area contributed by atoms with Crippen LogP contribution in [0.15, 0.2) is 11.2 Å². The number of aliphatic imine (C=N–C) groups is 1. The Balaban J connectivity index is 0. The summed E-state index contributed by atoms with van der Waals surface area (Å²) in [5.41, 5.74) is 0. The first-order valence-corrected chi connectivity index (χ1v) is 1.32. The van der Waals surface area contributed by atoms with Crippen molar-refractivity contribution in [2.45, 2.75) is 6.92 Å². The number of nitrogens with zero attached hydrogens (tertiary/aromatic N) is 1. The summed E-state index contributed by atoms with van der Waals surface area (Å²) in [6, 6.07) is 0. The Morgan fingerprint density at radius 3 is 2.33 bits per heavy atom. The van der Waals surface area contributed by atoms with Crippen molar-refractivity contribution < 1.29 is 32.7 Å². The number of hydrogen-bond donors (Lipinski definition) is 0. The molecule has 0 aromatic carbocycles. The van der Waals surface area contributed by atoms with Gasteiger partial charge in [-0.05, 0) is 0 Å². The fourth-order valence-corrected chi connectivity index (χ4v) is 0.0745. The van der Waals surface area contributed by atoms with Crippen LogP contribution >= 0.6 is 0 Å². The van der Waals surface area contributed by atoms with Gasteiger partial charge in [-0.3, -0.25) is 0 Å². The molecule has 0 fully saturated rings. The SMILES string of the molecule is [CH-]=CN=[C-]C.[Y]. The molecule has 0 amide bonds. The molecule has 0 unspecified atom stereocenters. The van der Waals surface area contributed by atoms with Crippen LogP contribution in [-0.4, -0.2) is 6.21 Å². The molecular weight excluding hydrogens is 151 g/mol. The van der Waals surface area contributed by atoms with Crippen LogP contribution in [-0.2, 0) is 32.7 Å². The zero-order valence-corrected chi connectivity index (χ0v) is 6.52. The molecule has 0 saturated heterocycles. The smallest absolute Gasteiger partial charge is 0 e. The van der Waals surface area contributed by atoms with Crippen LogP contribution in [0.5, 0.6) is 0 Å². The molecule has 0 aromatic heterocycles. The summed E-state index contributed by atoms with van der Waals surface area (Å²) in [5, 5.41) is 0. The zero-order chi connectivity index (χ0) is 4.12. The van der Waals surface area contributed by atoms with Gasteiger partial charge >= 0.3 is 0 Å². The minimum Gasteiger partial charge on any atom is -0.601 e. The maximum absolute atomic E-state index is 4.78. The number of rotatable bonds is 1. The Bertz CT molecular complexity index is 49.5. The molecule has 0 bridgehead atoms. The molecule has 6 heavy (non-hydrogen) atoms. The van der Waals surface area contributed by atoms with E-state index in [0.29, 0.717) is 0 Å². The average Bonchev–Trinajstić information content (AvgIpc) is 1.41. The summed E-state index contributed by atoms with van der Waals surface area (Å²) < 4.78 is 0. The van der Waals surface area contributed by atoms with Gasteiger partial charge in [0.15, 0.2) is 0 Å². The molecule has 0 aliphatic heterocycles. The van der Waals surface area contributed by atoms with E-state index in [1.54, 1.807) is 6.92 Å². The Labute approximate surface area is 63.4 Å². The van der Waals surface area contributed by atoms with Gasteiger partial charge in [-0.15, -0.1) is 6.92 Å². The maximum atomic E-state index is 4.78. The van der Waals surface area contributed by atoms with E-state index in [0.717, 1.165) is 0 Å². The minimum atomic E-state index is 0. The molecule has 2 heteroatoms. The van der Waals surface area contributed by atoms with Gasteiger partial charge in [0.1, 0.15) is 0 Å². The van der Waals surface area contributed by atoms with Crippen molar-refractivity contribution in [1.29, 1.82) is 0 Å². The third kappa shape index (κ3) is 8.82. The summed E-state index contributed by atoms with van der Waals surface area (Å²) >= 11 is 0. The molecule has 0 spiro atoms. The fourth-order valence-electron chi connectivity index (χ4n) is 0.0745. The predicted molar refractivity (Wildman–Crippen MR) is 22.0 cm³/mol. The largest absolute Gasteiger partial charge is 0.601 e. The standard InChI is InChI=1S/C4H5N.Y/c1-3-5-4-2;/h1,3H,2H3;/q-2;. The van der Waals surface area contributed by atoms with Crippen molar-refractivity contribution in [2.75, 3.05) is 0 Å². The van der Waals surface area contributed by atoms with Gasteiger partial charge in [-0.2, -0.15) is 6.21 Å². The van der Waals surface area contributed by atoms with E-state index in [2.05, 4.69) is 11.2 Å². The topological polar surface area (TPSA) is 12.4 Å². The molecule has 0 aliphatic carbocycles. The molecule has 0 atom stereocenters. The van der Waals surface area contributed by atoms with Crippen LogP contribution in [0, 0.1) is 6.58 Å². The van der Waals surface area contributed by atoms with E-state index < -0.39 is 0 Å². The summed E-state index contributed by atoms with van der Waals surface area (Å²) in [6.45, 7) is 6.47. The molecule has 31 valence electrons. The quantitative estimate of drug-likeness (QED) is 0.395. The third-order valence-electron chi connectivity index (χ3n) is 0.204. The van der Waals surface area contributed by atoms with Gasteiger partial charge in [0.25, 0.3) is 0 Å². The second-order valence-electron chi connectivity index (χ2n) is 0.502.